The number of carbonyl (C=O) groups is 3. The van der Waals surface area contributed by atoms with Crippen LogP contribution in [0.5, 0.6) is 6.01 Å². The van der Waals surface area contributed by atoms with Crippen LogP contribution in [0.3, 0.4) is 0 Å². The molecule has 1 fully saturated rings. The molecule has 1 unspecified atom stereocenters. The van der Waals surface area contributed by atoms with Gasteiger partial charge in [0.1, 0.15) is 12.6 Å². The van der Waals surface area contributed by atoms with Crippen molar-refractivity contribution in [3.8, 4) is 6.01 Å². The monoisotopic (exact) mass is 434 g/mol. The number of alkyl halides is 3. The Kier molecular flexibility index (Phi) is 5.34. The van der Waals surface area contributed by atoms with Crippen LogP contribution in [0.4, 0.5) is 13.2 Å². The Balaban J connectivity index is 1.40. The van der Waals surface area contributed by atoms with Crippen LogP contribution in [-0.2, 0) is 11.0 Å². The fourth-order valence-electron chi connectivity index (χ4n) is 3.58. The van der Waals surface area contributed by atoms with Gasteiger partial charge in [-0.1, -0.05) is 12.1 Å². The first-order valence-corrected chi connectivity index (χ1v) is 9.54. The van der Waals surface area contributed by atoms with Crippen LogP contribution in [0.25, 0.3) is 0 Å². The van der Waals surface area contributed by atoms with E-state index >= 15 is 0 Å². The summed E-state index contributed by atoms with van der Waals surface area (Å²) in [4.78, 5) is 47.0. The molecule has 0 radical (unpaired) electrons. The fourth-order valence-corrected chi connectivity index (χ4v) is 3.58. The number of benzene rings is 1. The summed E-state index contributed by atoms with van der Waals surface area (Å²) in [7, 11) is 0. The van der Waals surface area contributed by atoms with Crippen LogP contribution < -0.4 is 4.74 Å². The average molecular weight is 434 g/mol. The van der Waals surface area contributed by atoms with Crippen LogP contribution in [0.15, 0.2) is 36.5 Å². The summed E-state index contributed by atoms with van der Waals surface area (Å²) in [6.45, 7) is 0.0477. The first-order valence-electron chi connectivity index (χ1n) is 9.54. The van der Waals surface area contributed by atoms with Gasteiger partial charge in [-0.2, -0.15) is 18.2 Å². The van der Waals surface area contributed by atoms with Gasteiger partial charge in [0, 0.05) is 12.7 Å². The Bertz CT molecular complexity index is 1010. The number of hydrogen-bond donors (Lipinski definition) is 0. The van der Waals surface area contributed by atoms with Crippen molar-refractivity contribution in [2.24, 2.45) is 0 Å². The third-order valence-electron chi connectivity index (χ3n) is 5.10. The summed E-state index contributed by atoms with van der Waals surface area (Å²) in [5.74, 6) is -1.51. The largest absolute Gasteiger partial charge is 0.458 e. The van der Waals surface area contributed by atoms with E-state index in [2.05, 4.69) is 9.97 Å². The highest BCUT2D eigenvalue weighted by Crippen LogP contribution is 2.28. The molecule has 0 spiro atoms. The van der Waals surface area contributed by atoms with Crippen LogP contribution in [0, 0.1) is 0 Å². The lowest BCUT2D eigenvalue weighted by molar-refractivity contribution is -0.141. The van der Waals surface area contributed by atoms with E-state index in [1.165, 1.54) is 17.0 Å². The van der Waals surface area contributed by atoms with E-state index in [1.54, 1.807) is 12.1 Å². The maximum Gasteiger partial charge on any atom is 0.433 e. The Labute approximate surface area is 174 Å². The maximum absolute atomic E-state index is 12.8. The topological polar surface area (TPSA) is 92.7 Å². The summed E-state index contributed by atoms with van der Waals surface area (Å²) in [5, 5.41) is 0. The van der Waals surface area contributed by atoms with Gasteiger partial charge in [-0.05, 0) is 31.0 Å². The zero-order chi connectivity index (χ0) is 22.2. The Hall–Kier alpha value is -3.50. The third kappa shape index (κ3) is 4.21. The molecule has 1 saturated heterocycles. The SMILES string of the molecule is O=C(CN1C(=O)c2ccccc2C1=O)N1CCCC(Oc2nccc(C(F)(F)F)n2)C1. The summed E-state index contributed by atoms with van der Waals surface area (Å²) < 4.78 is 43.9. The minimum atomic E-state index is -4.62. The molecule has 2 aliphatic rings. The van der Waals surface area contributed by atoms with Crippen molar-refractivity contribution in [1.82, 2.24) is 19.8 Å². The summed E-state index contributed by atoms with van der Waals surface area (Å²) in [5.41, 5.74) is -0.615. The molecule has 3 amide bonds. The number of halogens is 3. The molecule has 4 rings (SSSR count). The van der Waals surface area contributed by atoms with Gasteiger partial charge < -0.3 is 9.64 Å². The molecule has 31 heavy (non-hydrogen) atoms. The molecule has 0 aliphatic carbocycles. The lowest BCUT2D eigenvalue weighted by atomic mass is 10.1. The normalized spacial score (nSPS) is 18.9. The van der Waals surface area contributed by atoms with E-state index in [0.717, 1.165) is 17.2 Å². The van der Waals surface area contributed by atoms with Crippen LogP contribution in [0.2, 0.25) is 0 Å². The lowest BCUT2D eigenvalue weighted by Crippen LogP contribution is -2.49. The van der Waals surface area contributed by atoms with Crippen molar-refractivity contribution < 1.29 is 32.3 Å². The van der Waals surface area contributed by atoms with Crippen LogP contribution in [0.1, 0.15) is 39.3 Å². The number of piperidine rings is 1. The Morgan fingerprint density at radius 2 is 1.81 bits per heavy atom. The van der Waals surface area contributed by atoms with Gasteiger partial charge in [-0.15, -0.1) is 0 Å². The predicted octanol–water partition coefficient (Wildman–Crippen LogP) is 2.16. The quantitative estimate of drug-likeness (QED) is 0.685. The van der Waals surface area contributed by atoms with E-state index in [1.807, 2.05) is 0 Å². The van der Waals surface area contributed by atoms with Crippen LogP contribution in [-0.4, -0.2) is 63.2 Å². The van der Waals surface area contributed by atoms with Crippen molar-refractivity contribution in [2.45, 2.75) is 25.1 Å². The first-order chi connectivity index (χ1) is 14.7. The van der Waals surface area contributed by atoms with E-state index in [4.69, 9.17) is 4.74 Å². The number of carbonyl (C=O) groups excluding carboxylic acids is 3. The fraction of sp³-hybridized carbons (Fsp3) is 0.350. The molecule has 3 heterocycles. The second kappa shape index (κ2) is 7.97. The van der Waals surface area contributed by atoms with Gasteiger partial charge in [0.25, 0.3) is 11.8 Å². The molecule has 1 aromatic carbocycles. The van der Waals surface area contributed by atoms with Gasteiger partial charge in [-0.25, -0.2) is 4.98 Å². The van der Waals surface area contributed by atoms with E-state index in [-0.39, 0.29) is 17.7 Å². The second-order valence-corrected chi connectivity index (χ2v) is 7.19. The maximum atomic E-state index is 12.8. The molecule has 11 heteroatoms. The second-order valence-electron chi connectivity index (χ2n) is 7.19. The van der Waals surface area contributed by atoms with E-state index in [0.29, 0.717) is 19.4 Å². The highest BCUT2D eigenvalue weighted by Gasteiger charge is 2.38. The zero-order valence-electron chi connectivity index (χ0n) is 16.1. The molecule has 0 N–H and O–H groups in total. The third-order valence-corrected chi connectivity index (χ3v) is 5.10. The lowest BCUT2D eigenvalue weighted by Gasteiger charge is -2.33. The number of fused-ring (bicyclic) bond motifs is 1. The first kappa shape index (κ1) is 20.8. The minimum Gasteiger partial charge on any atom is -0.458 e. The number of likely N-dealkylation sites (tertiary alicyclic amines) is 1. The van der Waals surface area contributed by atoms with Gasteiger partial charge in [0.15, 0.2) is 5.69 Å². The Morgan fingerprint density at radius 3 is 2.45 bits per heavy atom. The van der Waals surface area contributed by atoms with Gasteiger partial charge in [-0.3, -0.25) is 19.3 Å². The van der Waals surface area contributed by atoms with Crippen molar-refractivity contribution in [1.29, 1.82) is 0 Å². The number of aromatic nitrogens is 2. The van der Waals surface area contributed by atoms with Crippen molar-refractivity contribution in [3.05, 3.63) is 53.3 Å². The number of hydrogen-bond acceptors (Lipinski definition) is 6. The predicted molar refractivity (Wildman–Crippen MR) is 99.1 cm³/mol. The molecular formula is C20H17F3N4O4. The number of imide groups is 1. The van der Waals surface area contributed by atoms with Gasteiger partial charge in [0.2, 0.25) is 5.91 Å². The highest BCUT2D eigenvalue weighted by molar-refractivity contribution is 6.22. The summed E-state index contributed by atoms with van der Waals surface area (Å²) in [6, 6.07) is 6.65. The van der Waals surface area contributed by atoms with Crippen molar-refractivity contribution in [3.63, 3.8) is 0 Å². The zero-order valence-corrected chi connectivity index (χ0v) is 16.1. The highest BCUT2D eigenvalue weighted by atomic mass is 19.4. The van der Waals surface area contributed by atoms with Crippen molar-refractivity contribution in [2.75, 3.05) is 19.6 Å². The molecule has 1 atom stereocenters. The van der Waals surface area contributed by atoms with E-state index in [9.17, 15) is 27.6 Å². The van der Waals surface area contributed by atoms with E-state index < -0.39 is 48.3 Å². The summed E-state index contributed by atoms with van der Waals surface area (Å²) in [6.07, 6.45) is -3.24. The number of amides is 3. The number of rotatable bonds is 4. The molecule has 8 nitrogen and oxygen atoms in total. The molecular weight excluding hydrogens is 417 g/mol. The average Bonchev–Trinajstić information content (AvgIpc) is 2.99. The van der Waals surface area contributed by atoms with Gasteiger partial charge in [0.05, 0.1) is 17.7 Å². The molecule has 0 bridgehead atoms. The van der Waals surface area contributed by atoms with Gasteiger partial charge >= 0.3 is 12.2 Å². The van der Waals surface area contributed by atoms with Crippen molar-refractivity contribution >= 4 is 17.7 Å². The molecule has 2 aliphatic heterocycles. The molecule has 0 saturated carbocycles. The molecule has 162 valence electrons. The molecule has 2 aromatic rings. The standard InChI is InChI=1S/C20H17F3N4O4/c21-20(22,23)15-7-8-24-19(25-15)31-12-4-3-9-26(10-12)16(28)11-27-17(29)13-5-1-2-6-14(13)18(27)30/h1-2,5-8,12H,3-4,9-11H2. The van der Waals surface area contributed by atoms with Crippen LogP contribution >= 0.6 is 0 Å². The smallest absolute Gasteiger partial charge is 0.433 e. The minimum absolute atomic E-state index is 0.0849. The molecule has 1 aromatic heterocycles. The summed E-state index contributed by atoms with van der Waals surface area (Å²) >= 11 is 0. The Morgan fingerprint density at radius 1 is 1.13 bits per heavy atom. The number of nitrogens with zero attached hydrogens (tertiary/aromatic N) is 4. The number of ether oxygens (including phenoxy) is 1.